The molecule has 1 rings (SSSR count). The highest BCUT2D eigenvalue weighted by atomic mass is 16.5. The Balaban J connectivity index is 2.65. The van der Waals surface area contributed by atoms with Crippen molar-refractivity contribution >= 4 is 0 Å². The third kappa shape index (κ3) is 5.41. The summed E-state index contributed by atoms with van der Waals surface area (Å²) in [7, 11) is 0. The van der Waals surface area contributed by atoms with Gasteiger partial charge in [-0.15, -0.1) is 0 Å². The maximum Gasteiger partial charge on any atom is 0.0645 e. The molecule has 1 aliphatic heterocycles. The molecule has 1 heterocycles. The fourth-order valence-corrected chi connectivity index (χ4v) is 2.92. The molecule has 0 aromatic rings. The van der Waals surface area contributed by atoms with E-state index in [-0.39, 0.29) is 5.54 Å². The summed E-state index contributed by atoms with van der Waals surface area (Å²) in [5.74, 6) is 0. The summed E-state index contributed by atoms with van der Waals surface area (Å²) in [6.45, 7) is 18.8. The van der Waals surface area contributed by atoms with Crippen LogP contribution >= 0.6 is 0 Å². The van der Waals surface area contributed by atoms with Crippen LogP contribution in [0.3, 0.4) is 0 Å². The zero-order valence-electron chi connectivity index (χ0n) is 13.9. The average molecular weight is 270 g/mol. The molecule has 0 aromatic carbocycles. The van der Waals surface area contributed by atoms with E-state index in [4.69, 9.17) is 4.74 Å². The van der Waals surface area contributed by atoms with Crippen LogP contribution in [0.5, 0.6) is 0 Å². The second kappa shape index (κ2) is 7.05. The highest BCUT2D eigenvalue weighted by Crippen LogP contribution is 2.29. The van der Waals surface area contributed by atoms with Gasteiger partial charge < -0.3 is 10.1 Å². The predicted molar refractivity (Wildman–Crippen MR) is 82.6 cm³/mol. The maximum absolute atomic E-state index is 5.63. The molecule has 114 valence electrons. The maximum atomic E-state index is 5.63. The fraction of sp³-hybridized carbons (Fsp3) is 1.00. The van der Waals surface area contributed by atoms with Crippen LogP contribution in [0, 0.1) is 5.41 Å². The first-order valence-electron chi connectivity index (χ1n) is 7.85. The second-order valence-corrected chi connectivity index (χ2v) is 7.38. The van der Waals surface area contributed by atoms with Crippen LogP contribution in [-0.2, 0) is 4.74 Å². The van der Waals surface area contributed by atoms with Gasteiger partial charge in [0.15, 0.2) is 0 Å². The van der Waals surface area contributed by atoms with E-state index < -0.39 is 0 Å². The quantitative estimate of drug-likeness (QED) is 0.770. The smallest absolute Gasteiger partial charge is 0.0645 e. The van der Waals surface area contributed by atoms with Crippen LogP contribution in [0.2, 0.25) is 0 Å². The standard InChI is InChI=1S/C16H34N2O/c1-7-8-16(6,11-17-14(2)3)12-18-9-10-19-13-15(18,4)5/h14,17H,7-13H2,1-6H3. The first kappa shape index (κ1) is 16.9. The largest absolute Gasteiger partial charge is 0.378 e. The van der Waals surface area contributed by atoms with E-state index in [2.05, 4.69) is 51.8 Å². The van der Waals surface area contributed by atoms with Crippen molar-refractivity contribution in [2.75, 3.05) is 32.8 Å². The molecule has 19 heavy (non-hydrogen) atoms. The summed E-state index contributed by atoms with van der Waals surface area (Å²) in [6.07, 6.45) is 2.53. The number of rotatable bonds is 7. The molecule has 0 aromatic heterocycles. The van der Waals surface area contributed by atoms with Crippen LogP contribution in [-0.4, -0.2) is 49.3 Å². The van der Waals surface area contributed by atoms with Gasteiger partial charge in [-0.25, -0.2) is 0 Å². The van der Waals surface area contributed by atoms with E-state index in [9.17, 15) is 0 Å². The average Bonchev–Trinajstić information content (AvgIpc) is 2.30. The Labute approximate surface area is 120 Å². The molecule has 1 atom stereocenters. The Morgan fingerprint density at radius 3 is 2.58 bits per heavy atom. The zero-order chi connectivity index (χ0) is 14.5. The molecule has 1 aliphatic rings. The summed E-state index contributed by atoms with van der Waals surface area (Å²) in [5.41, 5.74) is 0.527. The summed E-state index contributed by atoms with van der Waals surface area (Å²) >= 11 is 0. The van der Waals surface area contributed by atoms with Crippen molar-refractivity contribution < 1.29 is 4.74 Å². The molecular weight excluding hydrogens is 236 g/mol. The number of hydrogen-bond donors (Lipinski definition) is 1. The van der Waals surface area contributed by atoms with Gasteiger partial charge in [0.05, 0.1) is 13.2 Å². The number of hydrogen-bond acceptors (Lipinski definition) is 3. The molecular formula is C16H34N2O. The second-order valence-electron chi connectivity index (χ2n) is 7.38. The van der Waals surface area contributed by atoms with E-state index in [0.29, 0.717) is 11.5 Å². The molecule has 3 heteroatoms. The molecule has 3 nitrogen and oxygen atoms in total. The summed E-state index contributed by atoms with van der Waals surface area (Å²) in [6, 6.07) is 0.564. The van der Waals surface area contributed by atoms with Crippen LogP contribution in [0.4, 0.5) is 0 Å². The van der Waals surface area contributed by atoms with E-state index in [0.717, 1.165) is 32.8 Å². The Morgan fingerprint density at radius 1 is 1.37 bits per heavy atom. The molecule has 1 unspecified atom stereocenters. The minimum absolute atomic E-state index is 0.172. The van der Waals surface area contributed by atoms with Crippen molar-refractivity contribution in [3.63, 3.8) is 0 Å². The number of ether oxygens (including phenoxy) is 1. The third-order valence-electron chi connectivity index (χ3n) is 4.18. The SMILES string of the molecule is CCCC(C)(CNC(C)C)CN1CCOCC1(C)C. The fourth-order valence-electron chi connectivity index (χ4n) is 2.92. The molecule has 0 aliphatic carbocycles. The number of nitrogens with one attached hydrogen (secondary N) is 1. The van der Waals surface area contributed by atoms with E-state index >= 15 is 0 Å². The summed E-state index contributed by atoms with van der Waals surface area (Å²) in [5, 5.41) is 3.63. The molecule has 0 amide bonds. The number of nitrogens with zero attached hydrogens (tertiary/aromatic N) is 1. The first-order valence-corrected chi connectivity index (χ1v) is 7.85. The third-order valence-corrected chi connectivity index (χ3v) is 4.18. The normalized spacial score (nSPS) is 23.5. The molecule has 0 spiro atoms. The minimum Gasteiger partial charge on any atom is -0.378 e. The lowest BCUT2D eigenvalue weighted by atomic mass is 9.83. The Morgan fingerprint density at radius 2 is 2.05 bits per heavy atom. The van der Waals surface area contributed by atoms with Crippen molar-refractivity contribution in [1.82, 2.24) is 10.2 Å². The van der Waals surface area contributed by atoms with Gasteiger partial charge in [-0.1, -0.05) is 34.1 Å². The van der Waals surface area contributed by atoms with Crippen LogP contribution < -0.4 is 5.32 Å². The van der Waals surface area contributed by atoms with Crippen molar-refractivity contribution in [3.05, 3.63) is 0 Å². The van der Waals surface area contributed by atoms with Gasteiger partial charge in [-0.05, 0) is 25.7 Å². The van der Waals surface area contributed by atoms with Gasteiger partial charge >= 0.3 is 0 Å². The molecule has 1 fully saturated rings. The highest BCUT2D eigenvalue weighted by Gasteiger charge is 2.35. The molecule has 1 N–H and O–H groups in total. The van der Waals surface area contributed by atoms with Gasteiger partial charge in [0.1, 0.15) is 0 Å². The van der Waals surface area contributed by atoms with Crippen LogP contribution in [0.1, 0.15) is 54.4 Å². The van der Waals surface area contributed by atoms with E-state index in [1.54, 1.807) is 0 Å². The van der Waals surface area contributed by atoms with Gasteiger partial charge in [-0.2, -0.15) is 0 Å². The van der Waals surface area contributed by atoms with Crippen LogP contribution in [0.25, 0.3) is 0 Å². The Bertz CT molecular complexity index is 265. The zero-order valence-corrected chi connectivity index (χ0v) is 13.9. The lowest BCUT2D eigenvalue weighted by Gasteiger charge is -2.46. The van der Waals surface area contributed by atoms with Crippen molar-refractivity contribution in [1.29, 1.82) is 0 Å². The molecule has 0 radical (unpaired) electrons. The number of morpholine rings is 1. The van der Waals surface area contributed by atoms with Crippen molar-refractivity contribution in [3.8, 4) is 0 Å². The van der Waals surface area contributed by atoms with Gasteiger partial charge in [0, 0.05) is 31.2 Å². The summed E-state index contributed by atoms with van der Waals surface area (Å²) in [4.78, 5) is 2.62. The lowest BCUT2D eigenvalue weighted by molar-refractivity contribution is -0.0673. The monoisotopic (exact) mass is 270 g/mol. The van der Waals surface area contributed by atoms with Crippen molar-refractivity contribution in [2.45, 2.75) is 66.0 Å². The lowest BCUT2D eigenvalue weighted by Crippen LogP contribution is -2.57. The van der Waals surface area contributed by atoms with E-state index in [1.165, 1.54) is 12.8 Å². The van der Waals surface area contributed by atoms with Gasteiger partial charge in [0.25, 0.3) is 0 Å². The summed E-state index contributed by atoms with van der Waals surface area (Å²) < 4.78 is 5.63. The predicted octanol–water partition coefficient (Wildman–Crippen LogP) is 2.90. The Hall–Kier alpha value is -0.120. The van der Waals surface area contributed by atoms with Crippen LogP contribution in [0.15, 0.2) is 0 Å². The van der Waals surface area contributed by atoms with Gasteiger partial charge in [-0.3, -0.25) is 4.90 Å². The molecule has 0 saturated carbocycles. The topological polar surface area (TPSA) is 24.5 Å². The highest BCUT2D eigenvalue weighted by molar-refractivity contribution is 4.90. The first-order chi connectivity index (χ1) is 8.79. The molecule has 1 saturated heterocycles. The minimum atomic E-state index is 0.172. The Kier molecular flexibility index (Phi) is 6.28. The van der Waals surface area contributed by atoms with Gasteiger partial charge in [0.2, 0.25) is 0 Å². The molecule has 0 bridgehead atoms. The van der Waals surface area contributed by atoms with Crippen molar-refractivity contribution in [2.24, 2.45) is 5.41 Å². The van der Waals surface area contributed by atoms with E-state index in [1.807, 2.05) is 0 Å².